The largest absolute Gasteiger partial charge is 0.394 e. The van der Waals surface area contributed by atoms with Gasteiger partial charge in [-0.3, -0.25) is 4.79 Å². The molecule has 104 valence electrons. The van der Waals surface area contributed by atoms with E-state index in [-0.39, 0.29) is 24.5 Å². The van der Waals surface area contributed by atoms with E-state index in [0.29, 0.717) is 12.3 Å². The third-order valence-electron chi connectivity index (χ3n) is 3.75. The van der Waals surface area contributed by atoms with Gasteiger partial charge in [-0.05, 0) is 24.4 Å². The van der Waals surface area contributed by atoms with Crippen LogP contribution in [0.5, 0.6) is 0 Å². The van der Waals surface area contributed by atoms with Crippen molar-refractivity contribution >= 4 is 5.91 Å². The van der Waals surface area contributed by atoms with Crippen LogP contribution >= 0.6 is 0 Å². The van der Waals surface area contributed by atoms with Gasteiger partial charge in [0.2, 0.25) is 5.91 Å². The van der Waals surface area contributed by atoms with Crippen LogP contribution in [0.1, 0.15) is 12.5 Å². The highest BCUT2D eigenvalue weighted by atomic mass is 16.3. The Balaban J connectivity index is 1.90. The minimum atomic E-state index is -0.206. The minimum Gasteiger partial charge on any atom is -0.394 e. The Labute approximate surface area is 114 Å². The van der Waals surface area contributed by atoms with Crippen LogP contribution in [-0.4, -0.2) is 36.8 Å². The Bertz CT molecular complexity index is 408. The molecule has 1 aromatic carbocycles. The third kappa shape index (κ3) is 3.78. The van der Waals surface area contributed by atoms with Crippen LogP contribution in [0.2, 0.25) is 0 Å². The van der Waals surface area contributed by atoms with Gasteiger partial charge in [0.05, 0.1) is 18.6 Å². The van der Waals surface area contributed by atoms with Crippen molar-refractivity contribution in [3.63, 3.8) is 0 Å². The molecule has 0 spiro atoms. The lowest BCUT2D eigenvalue weighted by Crippen LogP contribution is -2.44. The highest BCUT2D eigenvalue weighted by Gasteiger charge is 2.30. The predicted molar refractivity (Wildman–Crippen MR) is 74.7 cm³/mol. The van der Waals surface area contributed by atoms with Crippen molar-refractivity contribution in [1.82, 2.24) is 10.6 Å². The molecule has 1 heterocycles. The zero-order valence-electron chi connectivity index (χ0n) is 11.3. The van der Waals surface area contributed by atoms with E-state index in [1.54, 1.807) is 0 Å². The molecule has 0 aliphatic carbocycles. The van der Waals surface area contributed by atoms with Crippen LogP contribution in [0, 0.1) is 11.8 Å². The van der Waals surface area contributed by atoms with Gasteiger partial charge in [-0.1, -0.05) is 37.3 Å². The summed E-state index contributed by atoms with van der Waals surface area (Å²) in [6.07, 6.45) is 0.664. The van der Waals surface area contributed by atoms with Gasteiger partial charge in [-0.2, -0.15) is 0 Å². The first-order valence-corrected chi connectivity index (χ1v) is 6.86. The normalized spacial score (nSPS) is 24.1. The van der Waals surface area contributed by atoms with Crippen LogP contribution < -0.4 is 10.6 Å². The van der Waals surface area contributed by atoms with Crippen molar-refractivity contribution < 1.29 is 9.90 Å². The molecule has 3 atom stereocenters. The summed E-state index contributed by atoms with van der Waals surface area (Å²) >= 11 is 0. The predicted octanol–water partition coefficient (Wildman–Crippen LogP) is 0.562. The molecule has 4 nitrogen and oxygen atoms in total. The highest BCUT2D eigenvalue weighted by molar-refractivity contribution is 5.79. The molecule has 0 aromatic heterocycles. The zero-order valence-corrected chi connectivity index (χ0v) is 11.3. The summed E-state index contributed by atoms with van der Waals surface area (Å²) in [6.45, 7) is 3.67. The SMILES string of the molecule is C[C@@H]1CNC[C@H]1C(=O)N[C@H](CO)Cc1ccccc1. The molecule has 1 aromatic rings. The topological polar surface area (TPSA) is 61.4 Å². The van der Waals surface area contributed by atoms with Crippen LogP contribution in [0.4, 0.5) is 0 Å². The number of amides is 1. The summed E-state index contributed by atoms with van der Waals surface area (Å²) in [7, 11) is 0. The lowest BCUT2D eigenvalue weighted by Gasteiger charge is -2.20. The van der Waals surface area contributed by atoms with E-state index in [0.717, 1.165) is 18.7 Å². The maximum absolute atomic E-state index is 12.2. The number of aliphatic hydroxyl groups is 1. The van der Waals surface area contributed by atoms with Crippen molar-refractivity contribution in [3.05, 3.63) is 35.9 Å². The molecule has 1 saturated heterocycles. The average Bonchev–Trinajstić information content (AvgIpc) is 2.85. The molecular weight excluding hydrogens is 240 g/mol. The summed E-state index contributed by atoms with van der Waals surface area (Å²) in [5.41, 5.74) is 1.12. The molecule has 0 radical (unpaired) electrons. The molecule has 19 heavy (non-hydrogen) atoms. The highest BCUT2D eigenvalue weighted by Crippen LogP contribution is 2.16. The smallest absolute Gasteiger partial charge is 0.225 e. The fraction of sp³-hybridized carbons (Fsp3) is 0.533. The maximum Gasteiger partial charge on any atom is 0.225 e. The first-order valence-electron chi connectivity index (χ1n) is 6.86. The van der Waals surface area contributed by atoms with Gasteiger partial charge in [0.25, 0.3) is 0 Å². The van der Waals surface area contributed by atoms with Gasteiger partial charge in [0, 0.05) is 6.54 Å². The van der Waals surface area contributed by atoms with Gasteiger partial charge < -0.3 is 15.7 Å². The maximum atomic E-state index is 12.2. The van der Waals surface area contributed by atoms with Crippen LogP contribution in [0.15, 0.2) is 30.3 Å². The Kier molecular flexibility index (Phi) is 4.93. The fourth-order valence-corrected chi connectivity index (χ4v) is 2.53. The van der Waals surface area contributed by atoms with Gasteiger partial charge in [0.15, 0.2) is 0 Å². The van der Waals surface area contributed by atoms with Gasteiger partial charge in [-0.15, -0.1) is 0 Å². The summed E-state index contributed by atoms with van der Waals surface area (Å²) in [5.74, 6) is 0.424. The molecule has 1 amide bonds. The van der Waals surface area contributed by atoms with E-state index in [4.69, 9.17) is 0 Å². The lowest BCUT2D eigenvalue weighted by atomic mass is 9.96. The second-order valence-electron chi connectivity index (χ2n) is 5.32. The second kappa shape index (κ2) is 6.68. The van der Waals surface area contributed by atoms with Gasteiger partial charge in [0.1, 0.15) is 0 Å². The fourth-order valence-electron chi connectivity index (χ4n) is 2.53. The Morgan fingerprint density at radius 1 is 1.42 bits per heavy atom. The van der Waals surface area contributed by atoms with Crippen LogP contribution in [0.25, 0.3) is 0 Å². The van der Waals surface area contributed by atoms with Crippen molar-refractivity contribution in [2.45, 2.75) is 19.4 Å². The van der Waals surface area contributed by atoms with E-state index in [2.05, 4.69) is 17.6 Å². The molecule has 0 saturated carbocycles. The van der Waals surface area contributed by atoms with E-state index in [1.165, 1.54) is 0 Å². The number of carbonyl (C=O) groups excluding carboxylic acids is 1. The quantitative estimate of drug-likeness (QED) is 0.727. The van der Waals surface area contributed by atoms with Gasteiger partial charge >= 0.3 is 0 Å². The monoisotopic (exact) mass is 262 g/mol. The van der Waals surface area contributed by atoms with E-state index in [9.17, 15) is 9.90 Å². The summed E-state index contributed by atoms with van der Waals surface area (Å²) in [4.78, 5) is 12.2. The standard InChI is InChI=1S/C15H22N2O2/c1-11-8-16-9-14(11)15(19)17-13(10-18)7-12-5-3-2-4-6-12/h2-6,11,13-14,16,18H,7-10H2,1H3,(H,17,19)/t11-,13+,14-/m1/s1. The summed E-state index contributed by atoms with van der Waals surface area (Å²) < 4.78 is 0. The molecule has 0 bridgehead atoms. The van der Waals surface area contributed by atoms with Crippen molar-refractivity contribution in [1.29, 1.82) is 0 Å². The molecule has 1 aliphatic heterocycles. The van der Waals surface area contributed by atoms with E-state index >= 15 is 0 Å². The Morgan fingerprint density at radius 3 is 2.74 bits per heavy atom. The van der Waals surface area contributed by atoms with E-state index in [1.807, 2.05) is 30.3 Å². The second-order valence-corrected chi connectivity index (χ2v) is 5.32. The van der Waals surface area contributed by atoms with Gasteiger partial charge in [-0.25, -0.2) is 0 Å². The van der Waals surface area contributed by atoms with Crippen molar-refractivity contribution in [2.24, 2.45) is 11.8 Å². The molecule has 3 N–H and O–H groups in total. The summed E-state index contributed by atoms with van der Waals surface area (Å²) in [6, 6.07) is 9.71. The lowest BCUT2D eigenvalue weighted by molar-refractivity contribution is -0.126. The number of nitrogens with one attached hydrogen (secondary N) is 2. The number of carbonyl (C=O) groups is 1. The Hall–Kier alpha value is -1.39. The van der Waals surface area contributed by atoms with E-state index < -0.39 is 0 Å². The molecule has 4 heteroatoms. The molecule has 1 aliphatic rings. The third-order valence-corrected chi connectivity index (χ3v) is 3.75. The van der Waals surface area contributed by atoms with Crippen LogP contribution in [-0.2, 0) is 11.2 Å². The summed E-state index contributed by atoms with van der Waals surface area (Å²) in [5, 5.41) is 15.6. The first-order chi connectivity index (χ1) is 9.20. The Morgan fingerprint density at radius 2 is 2.16 bits per heavy atom. The molecular formula is C15H22N2O2. The number of aliphatic hydroxyl groups excluding tert-OH is 1. The first kappa shape index (κ1) is 14.0. The number of benzene rings is 1. The molecule has 2 rings (SSSR count). The van der Waals surface area contributed by atoms with Crippen LogP contribution in [0.3, 0.4) is 0 Å². The number of rotatable bonds is 5. The number of hydrogen-bond donors (Lipinski definition) is 3. The zero-order chi connectivity index (χ0) is 13.7. The molecule has 0 unspecified atom stereocenters. The average molecular weight is 262 g/mol. The van der Waals surface area contributed by atoms with Crippen molar-refractivity contribution in [2.75, 3.05) is 19.7 Å². The van der Waals surface area contributed by atoms with Crippen molar-refractivity contribution in [3.8, 4) is 0 Å². The number of hydrogen-bond acceptors (Lipinski definition) is 3. The molecule has 1 fully saturated rings. The minimum absolute atomic E-state index is 0.0184.